The molecule has 1 aromatic heterocycles. The number of aromatic nitrogens is 1. The van der Waals surface area contributed by atoms with Crippen molar-refractivity contribution in [2.24, 2.45) is 0 Å². The number of ether oxygens (including phenoxy) is 1. The Morgan fingerprint density at radius 1 is 1.03 bits per heavy atom. The fourth-order valence-electron chi connectivity index (χ4n) is 4.69. The maximum Gasteiger partial charge on any atom is 0.272 e. The monoisotopic (exact) mass is 542 g/mol. The predicted molar refractivity (Wildman–Crippen MR) is 140 cm³/mol. The molecule has 0 unspecified atom stereocenters. The Labute approximate surface area is 220 Å². The average molecular weight is 543 g/mol. The summed E-state index contributed by atoms with van der Waals surface area (Å²) in [7, 11) is 0. The van der Waals surface area contributed by atoms with E-state index in [1.165, 1.54) is 4.90 Å². The Morgan fingerprint density at radius 3 is 2.62 bits per heavy atom. The van der Waals surface area contributed by atoms with Gasteiger partial charge in [0, 0.05) is 55.7 Å². The highest BCUT2D eigenvalue weighted by Crippen LogP contribution is 2.52. The molecule has 2 saturated heterocycles. The van der Waals surface area contributed by atoms with Crippen LogP contribution in [-0.2, 0) is 9.53 Å². The summed E-state index contributed by atoms with van der Waals surface area (Å²) < 4.78 is 31.5. The largest absolute Gasteiger partial charge is 0.378 e. The van der Waals surface area contributed by atoms with Gasteiger partial charge in [0.05, 0.1) is 38.5 Å². The van der Waals surface area contributed by atoms with Crippen LogP contribution in [0.2, 0.25) is 0 Å². The van der Waals surface area contributed by atoms with Crippen LogP contribution in [0.4, 0.5) is 20.2 Å². The van der Waals surface area contributed by atoms with Gasteiger partial charge in [0.2, 0.25) is 11.5 Å². The molecule has 1 amide bonds. The van der Waals surface area contributed by atoms with Gasteiger partial charge in [0.1, 0.15) is 0 Å². The lowest BCUT2D eigenvalue weighted by Gasteiger charge is -2.38. The number of morpholine rings is 1. The second-order valence-corrected chi connectivity index (χ2v) is 11.4. The number of rotatable bonds is 5. The first-order chi connectivity index (χ1) is 17.8. The number of carbonyl (C=O) groups excluding carboxylic acids is 1. The Hall–Kier alpha value is -2.86. The summed E-state index contributed by atoms with van der Waals surface area (Å²) in [5, 5.41) is 2.82. The highest BCUT2D eigenvalue weighted by Gasteiger charge is 2.44. The van der Waals surface area contributed by atoms with E-state index in [0.717, 1.165) is 49.6 Å². The first kappa shape index (κ1) is 24.5. The van der Waals surface area contributed by atoms with Crippen molar-refractivity contribution in [2.45, 2.75) is 25.5 Å². The number of carbonyl (C=O) groups is 1. The van der Waals surface area contributed by atoms with E-state index in [1.54, 1.807) is 29.6 Å². The third-order valence-corrected chi connectivity index (χ3v) is 9.01. The molecule has 0 bridgehead atoms. The first-order valence-electron chi connectivity index (χ1n) is 11.9. The Bertz CT molecular complexity index is 1420. The van der Waals surface area contributed by atoms with E-state index in [4.69, 9.17) is 4.74 Å². The van der Waals surface area contributed by atoms with Gasteiger partial charge in [-0.15, -0.1) is 0 Å². The topological polar surface area (TPSA) is 77.7 Å². The quantitative estimate of drug-likeness (QED) is 0.388. The zero-order valence-electron chi connectivity index (χ0n) is 19.8. The number of amides is 1. The van der Waals surface area contributed by atoms with Crippen LogP contribution < -0.4 is 15.8 Å². The maximum atomic E-state index is 13.0. The molecule has 2 N–H and O–H groups in total. The lowest BCUT2D eigenvalue weighted by Crippen LogP contribution is -2.57. The van der Waals surface area contributed by atoms with Gasteiger partial charge in [-0.3, -0.25) is 14.5 Å². The summed E-state index contributed by atoms with van der Waals surface area (Å²) in [6, 6.07) is 15.4. The number of aromatic amines is 1. The summed E-state index contributed by atoms with van der Waals surface area (Å²) in [6.07, 6.45) is 0. The molecule has 7 nitrogen and oxygen atoms in total. The number of alkyl halides is 2. The molecule has 3 aliphatic rings. The molecule has 3 aliphatic heterocycles. The molecule has 37 heavy (non-hydrogen) atoms. The Morgan fingerprint density at radius 2 is 1.84 bits per heavy atom. The van der Waals surface area contributed by atoms with E-state index in [9.17, 15) is 18.4 Å². The number of likely N-dealkylation sites (tertiary alicyclic amines) is 1. The first-order valence-corrected chi connectivity index (χ1v) is 13.6. The SMILES string of the molecule is O=C(CN1CC(F)(F)C1)Nc1ccc2c(c1)Sc1cccc(-c3cc(N4CCOCC4)cc(=O)[nH]3)c1S2. The number of H-pyrrole nitrogens is 1. The van der Waals surface area contributed by atoms with Crippen LogP contribution in [0.1, 0.15) is 0 Å². The third kappa shape index (κ3) is 5.26. The Kier molecular flexibility index (Phi) is 6.47. The summed E-state index contributed by atoms with van der Waals surface area (Å²) >= 11 is 3.22. The lowest BCUT2D eigenvalue weighted by atomic mass is 10.1. The van der Waals surface area contributed by atoms with Gasteiger partial charge in [-0.1, -0.05) is 35.7 Å². The number of fused-ring (bicyclic) bond motifs is 2. The van der Waals surface area contributed by atoms with Crippen molar-refractivity contribution in [1.29, 1.82) is 0 Å². The van der Waals surface area contributed by atoms with Gasteiger partial charge in [-0.05, 0) is 30.3 Å². The number of hydrogen-bond acceptors (Lipinski definition) is 7. The highest BCUT2D eigenvalue weighted by atomic mass is 32.2. The molecule has 2 aromatic carbocycles. The van der Waals surface area contributed by atoms with Crippen LogP contribution in [0, 0.1) is 0 Å². The van der Waals surface area contributed by atoms with Crippen molar-refractivity contribution in [2.75, 3.05) is 56.2 Å². The normalized spacial score (nSPS) is 18.5. The number of nitrogens with one attached hydrogen (secondary N) is 2. The number of halogens is 2. The number of pyridine rings is 1. The number of nitrogens with zero attached hydrogens (tertiary/aromatic N) is 2. The standard InChI is InChI=1S/C26H24F2N4O3S2/c27-26(28)14-31(15-26)13-24(34)29-16-4-5-20-22(10-16)36-21-3-1-2-18(25(21)37-20)19-11-17(12-23(33)30-19)32-6-8-35-9-7-32/h1-5,10-12H,6-9,13-15H2,(H,29,34)(H,30,33). The molecule has 2 fully saturated rings. The van der Waals surface area contributed by atoms with Crippen LogP contribution in [-0.4, -0.2) is 67.7 Å². The van der Waals surface area contributed by atoms with Gasteiger partial charge >= 0.3 is 0 Å². The van der Waals surface area contributed by atoms with Crippen molar-refractivity contribution in [1.82, 2.24) is 9.88 Å². The summed E-state index contributed by atoms with van der Waals surface area (Å²) in [5.41, 5.74) is 3.09. The number of benzene rings is 2. The minimum absolute atomic E-state index is 0.0531. The molecule has 0 saturated carbocycles. The second-order valence-electron chi connectivity index (χ2n) is 9.26. The van der Waals surface area contributed by atoms with Gasteiger partial charge < -0.3 is 19.9 Å². The molecule has 0 radical (unpaired) electrons. The van der Waals surface area contributed by atoms with Crippen LogP contribution in [0.3, 0.4) is 0 Å². The zero-order valence-corrected chi connectivity index (χ0v) is 21.4. The van der Waals surface area contributed by atoms with E-state index < -0.39 is 5.92 Å². The molecule has 192 valence electrons. The van der Waals surface area contributed by atoms with E-state index in [0.29, 0.717) is 18.9 Å². The molecule has 0 spiro atoms. The fraction of sp³-hybridized carbons (Fsp3) is 0.308. The summed E-state index contributed by atoms with van der Waals surface area (Å²) in [4.78, 5) is 35.6. The van der Waals surface area contributed by atoms with E-state index in [1.807, 2.05) is 42.5 Å². The minimum atomic E-state index is -2.69. The zero-order chi connectivity index (χ0) is 25.6. The minimum Gasteiger partial charge on any atom is -0.378 e. The van der Waals surface area contributed by atoms with Gasteiger partial charge in [-0.2, -0.15) is 0 Å². The highest BCUT2D eigenvalue weighted by molar-refractivity contribution is 8.05. The van der Waals surface area contributed by atoms with E-state index in [2.05, 4.69) is 15.2 Å². The Balaban J connectivity index is 1.22. The van der Waals surface area contributed by atoms with E-state index in [-0.39, 0.29) is 31.1 Å². The van der Waals surface area contributed by atoms with Crippen molar-refractivity contribution in [3.63, 3.8) is 0 Å². The molecular weight excluding hydrogens is 518 g/mol. The third-order valence-electron chi connectivity index (χ3n) is 6.41. The van der Waals surface area contributed by atoms with Crippen LogP contribution >= 0.6 is 23.5 Å². The molecule has 3 aromatic rings. The molecule has 6 rings (SSSR count). The number of hydrogen-bond donors (Lipinski definition) is 2. The summed E-state index contributed by atoms with van der Waals surface area (Å²) in [6.45, 7) is 1.97. The van der Waals surface area contributed by atoms with Crippen LogP contribution in [0.15, 0.2) is 72.9 Å². The smallest absolute Gasteiger partial charge is 0.272 e. The van der Waals surface area contributed by atoms with Crippen LogP contribution in [0.5, 0.6) is 0 Å². The predicted octanol–water partition coefficient (Wildman–Crippen LogP) is 4.38. The molecule has 0 atom stereocenters. The second kappa shape index (κ2) is 9.79. The van der Waals surface area contributed by atoms with Gasteiger partial charge in [-0.25, -0.2) is 8.78 Å². The van der Waals surface area contributed by atoms with Gasteiger partial charge in [0.15, 0.2) is 0 Å². The molecular formula is C26H24F2N4O3S2. The van der Waals surface area contributed by atoms with Crippen molar-refractivity contribution < 1.29 is 18.3 Å². The van der Waals surface area contributed by atoms with E-state index >= 15 is 0 Å². The molecule has 4 heterocycles. The number of anilines is 2. The maximum absolute atomic E-state index is 13.0. The van der Waals surface area contributed by atoms with Crippen molar-refractivity contribution >= 4 is 40.8 Å². The van der Waals surface area contributed by atoms with Crippen LogP contribution in [0.25, 0.3) is 11.3 Å². The fourth-order valence-corrected chi connectivity index (χ4v) is 7.11. The van der Waals surface area contributed by atoms with Crippen molar-refractivity contribution in [3.05, 3.63) is 58.9 Å². The lowest BCUT2D eigenvalue weighted by molar-refractivity contribution is -0.141. The summed E-state index contributed by atoms with van der Waals surface area (Å²) in [5.74, 6) is -3.00. The average Bonchev–Trinajstić information content (AvgIpc) is 2.86. The molecule has 0 aliphatic carbocycles. The molecule has 11 heteroatoms. The van der Waals surface area contributed by atoms with Crippen molar-refractivity contribution in [3.8, 4) is 11.3 Å². The van der Waals surface area contributed by atoms with Gasteiger partial charge in [0.25, 0.3) is 5.92 Å².